The minimum atomic E-state index is -1.01. The van der Waals surface area contributed by atoms with Crippen LogP contribution in [0.3, 0.4) is 0 Å². The number of nitrogens with zero attached hydrogens (tertiary/aromatic N) is 5. The monoisotopic (exact) mass is 318 g/mol. The summed E-state index contributed by atoms with van der Waals surface area (Å²) >= 11 is 0. The second kappa shape index (κ2) is 7.09. The van der Waals surface area contributed by atoms with E-state index < -0.39 is 44.2 Å². The van der Waals surface area contributed by atoms with Crippen molar-refractivity contribution in [2.45, 2.75) is 0 Å². The van der Waals surface area contributed by atoms with E-state index in [-0.39, 0.29) is 0 Å². The van der Waals surface area contributed by atoms with Crippen molar-refractivity contribution in [2.24, 2.45) is 5.10 Å². The van der Waals surface area contributed by atoms with Crippen molar-refractivity contribution in [3.63, 3.8) is 0 Å². The molecule has 0 spiro atoms. The summed E-state index contributed by atoms with van der Waals surface area (Å²) < 4.78 is 4.36. The molecule has 0 fully saturated rings. The summed E-state index contributed by atoms with van der Waals surface area (Å²) in [6, 6.07) is 4.23. The molecule has 1 aromatic rings. The van der Waals surface area contributed by atoms with Crippen LogP contribution < -0.4 is 5.43 Å². The van der Waals surface area contributed by atoms with Gasteiger partial charge in [0.1, 0.15) is 12.1 Å². The largest absolute Gasteiger partial charge is 0.465 e. The lowest BCUT2D eigenvalue weighted by Gasteiger charge is -2.05. The number of hydrazone groups is 1. The Labute approximate surface area is 127 Å². The van der Waals surface area contributed by atoms with Crippen LogP contribution in [0.4, 0.5) is 17.1 Å². The van der Waals surface area contributed by atoms with Crippen LogP contribution in [0.15, 0.2) is 17.2 Å². The van der Waals surface area contributed by atoms with Gasteiger partial charge in [0.05, 0.1) is 22.5 Å². The fourth-order valence-corrected chi connectivity index (χ4v) is 1.44. The lowest BCUT2D eigenvalue weighted by Crippen LogP contribution is -2.08. The molecule has 1 rings (SSSR count). The number of carbonyl (C=O) groups excluding carboxylic acids is 1. The maximum atomic E-state index is 11.4. The van der Waals surface area contributed by atoms with Crippen molar-refractivity contribution in [3.8, 4) is 12.1 Å². The van der Waals surface area contributed by atoms with Gasteiger partial charge in [-0.3, -0.25) is 25.7 Å². The number of esters is 1. The average Bonchev–Trinajstić information content (AvgIpc) is 2.54. The first kappa shape index (κ1) is 17.0. The number of methoxy groups -OCH3 is 1. The maximum absolute atomic E-state index is 11.4. The number of nitro benzene ring substituents is 2. The van der Waals surface area contributed by atoms with Crippen LogP contribution in [0.5, 0.6) is 0 Å². The highest BCUT2D eigenvalue weighted by Gasteiger charge is 2.29. The zero-order valence-electron chi connectivity index (χ0n) is 11.3. The normalized spacial score (nSPS) is 9.00. The molecule has 0 unspecified atom stereocenters. The first-order valence-corrected chi connectivity index (χ1v) is 5.54. The summed E-state index contributed by atoms with van der Waals surface area (Å²) in [5.41, 5.74) is -1.56. The van der Waals surface area contributed by atoms with Gasteiger partial charge in [-0.2, -0.15) is 15.6 Å². The second-order valence-corrected chi connectivity index (χ2v) is 3.69. The van der Waals surface area contributed by atoms with Crippen molar-refractivity contribution in [1.29, 1.82) is 10.5 Å². The molecule has 0 amide bonds. The summed E-state index contributed by atoms with van der Waals surface area (Å²) in [7, 11) is 1.00. The molecule has 1 aromatic carbocycles. The Balaban J connectivity index is 3.60. The third-order valence-electron chi connectivity index (χ3n) is 2.40. The quantitative estimate of drug-likeness (QED) is 0.359. The number of nitro groups is 2. The van der Waals surface area contributed by atoms with Gasteiger partial charge in [-0.25, -0.2) is 4.79 Å². The number of carbonyl (C=O) groups is 1. The van der Waals surface area contributed by atoms with Gasteiger partial charge in [-0.05, 0) is 0 Å². The van der Waals surface area contributed by atoms with E-state index >= 15 is 0 Å². The Morgan fingerprint density at radius 1 is 1.22 bits per heavy atom. The topological polar surface area (TPSA) is 185 Å². The maximum Gasteiger partial charge on any atom is 0.338 e. The van der Waals surface area contributed by atoms with Crippen LogP contribution in [0, 0.1) is 42.9 Å². The van der Waals surface area contributed by atoms with E-state index in [0.29, 0.717) is 0 Å². The summed E-state index contributed by atoms with van der Waals surface area (Å²) in [4.78, 5) is 31.6. The van der Waals surface area contributed by atoms with Gasteiger partial charge in [0.25, 0.3) is 0 Å². The predicted octanol–water partition coefficient (Wildman–Crippen LogP) is 1.10. The molecule has 0 bridgehead atoms. The van der Waals surface area contributed by atoms with Gasteiger partial charge >= 0.3 is 17.3 Å². The molecule has 12 heteroatoms. The van der Waals surface area contributed by atoms with Gasteiger partial charge in [0, 0.05) is 12.1 Å². The number of hydrogen-bond donors (Lipinski definition) is 1. The number of benzene rings is 1. The van der Waals surface area contributed by atoms with Crippen LogP contribution in [0.25, 0.3) is 0 Å². The van der Waals surface area contributed by atoms with Crippen molar-refractivity contribution < 1.29 is 19.4 Å². The van der Waals surface area contributed by atoms with Crippen molar-refractivity contribution in [3.05, 3.63) is 37.9 Å². The highest BCUT2D eigenvalue weighted by molar-refractivity contribution is 6.10. The Morgan fingerprint density at radius 2 is 1.70 bits per heavy atom. The molecule has 23 heavy (non-hydrogen) atoms. The van der Waals surface area contributed by atoms with E-state index in [1.165, 1.54) is 12.1 Å². The lowest BCUT2D eigenvalue weighted by molar-refractivity contribution is -0.392. The van der Waals surface area contributed by atoms with Crippen LogP contribution >= 0.6 is 0 Å². The Bertz CT molecular complexity index is 751. The van der Waals surface area contributed by atoms with E-state index in [1.54, 1.807) is 0 Å². The minimum Gasteiger partial charge on any atom is -0.465 e. The molecule has 0 saturated heterocycles. The van der Waals surface area contributed by atoms with Gasteiger partial charge in [-0.15, -0.1) is 0 Å². The second-order valence-electron chi connectivity index (χ2n) is 3.69. The minimum absolute atomic E-state index is 0.416. The third kappa shape index (κ3) is 3.73. The van der Waals surface area contributed by atoms with Gasteiger partial charge in [0.15, 0.2) is 0 Å². The van der Waals surface area contributed by atoms with E-state index in [4.69, 9.17) is 10.5 Å². The first-order chi connectivity index (χ1) is 10.8. The zero-order chi connectivity index (χ0) is 17.6. The Kier molecular flexibility index (Phi) is 5.24. The van der Waals surface area contributed by atoms with Crippen molar-refractivity contribution in [1.82, 2.24) is 0 Å². The van der Waals surface area contributed by atoms with Gasteiger partial charge in [-0.1, -0.05) is 0 Å². The molecular formula is C11H6N6O6. The first-order valence-electron chi connectivity index (χ1n) is 5.54. The van der Waals surface area contributed by atoms with E-state index in [0.717, 1.165) is 19.2 Å². The molecule has 0 aliphatic heterocycles. The summed E-state index contributed by atoms with van der Waals surface area (Å²) in [6.07, 6.45) is 0. The van der Waals surface area contributed by atoms with Crippen LogP contribution in [0.2, 0.25) is 0 Å². The molecule has 116 valence electrons. The number of nitriles is 2. The van der Waals surface area contributed by atoms with Gasteiger partial charge in [0.2, 0.25) is 11.4 Å². The van der Waals surface area contributed by atoms with Crippen LogP contribution in [0.1, 0.15) is 10.4 Å². The highest BCUT2D eigenvalue weighted by atomic mass is 16.6. The van der Waals surface area contributed by atoms with Crippen LogP contribution in [-0.2, 0) is 4.74 Å². The van der Waals surface area contributed by atoms with E-state index in [9.17, 15) is 25.0 Å². The number of hydrogen-bond acceptors (Lipinski definition) is 10. The third-order valence-corrected chi connectivity index (χ3v) is 2.40. The number of nitrogens with one attached hydrogen (secondary N) is 1. The Morgan fingerprint density at radius 3 is 2.04 bits per heavy atom. The molecule has 0 aliphatic rings. The zero-order valence-corrected chi connectivity index (χ0v) is 11.3. The SMILES string of the molecule is COC(=O)c1cc([N+](=O)[O-])c(NN=C(C#N)C#N)c([N+](=O)[O-])c1. The fraction of sp³-hybridized carbons (Fsp3) is 0.0909. The fourth-order valence-electron chi connectivity index (χ4n) is 1.44. The average molecular weight is 318 g/mol. The summed E-state index contributed by atoms with van der Waals surface area (Å²) in [5.74, 6) is -1.01. The predicted molar refractivity (Wildman–Crippen MR) is 73.4 cm³/mol. The molecule has 0 atom stereocenters. The molecule has 0 saturated carbocycles. The van der Waals surface area contributed by atoms with E-state index in [1.807, 2.05) is 5.43 Å². The lowest BCUT2D eigenvalue weighted by atomic mass is 10.1. The smallest absolute Gasteiger partial charge is 0.338 e. The molecule has 0 aliphatic carbocycles. The molecule has 0 heterocycles. The molecule has 0 radical (unpaired) electrons. The number of anilines is 1. The summed E-state index contributed by atoms with van der Waals surface area (Å²) in [6.45, 7) is 0. The van der Waals surface area contributed by atoms with Crippen LogP contribution in [-0.4, -0.2) is 28.6 Å². The molecule has 0 aromatic heterocycles. The molecule has 1 N–H and O–H groups in total. The Hall–Kier alpha value is -4.06. The van der Waals surface area contributed by atoms with Crippen molar-refractivity contribution in [2.75, 3.05) is 12.5 Å². The highest BCUT2D eigenvalue weighted by Crippen LogP contribution is 2.36. The number of ether oxygens (including phenoxy) is 1. The summed E-state index contributed by atoms with van der Waals surface area (Å²) in [5, 5.41) is 42.4. The van der Waals surface area contributed by atoms with Crippen molar-refractivity contribution >= 4 is 28.7 Å². The number of rotatable bonds is 5. The standard InChI is InChI=1S/C11H6N6O6/c1-23-11(18)6-2-8(16(19)20)10(9(3-6)17(21)22)15-14-7(4-12)5-13/h2-3,15H,1H3. The van der Waals surface area contributed by atoms with Gasteiger partial charge < -0.3 is 4.74 Å². The molecule has 12 nitrogen and oxygen atoms in total. The van der Waals surface area contributed by atoms with E-state index in [2.05, 4.69) is 9.84 Å². The molecular weight excluding hydrogens is 312 g/mol.